The molecule has 1 amide bonds. The van der Waals surface area contributed by atoms with Gasteiger partial charge in [-0.05, 0) is 34.5 Å². The number of amides is 1. The zero-order valence-corrected chi connectivity index (χ0v) is 13.8. The third kappa shape index (κ3) is 3.49. The lowest BCUT2D eigenvalue weighted by Crippen LogP contribution is -2.15. The van der Waals surface area contributed by atoms with E-state index in [9.17, 15) is 9.59 Å². The van der Waals surface area contributed by atoms with Gasteiger partial charge in [-0.3, -0.25) is 4.79 Å². The van der Waals surface area contributed by atoms with Crippen molar-refractivity contribution in [2.75, 3.05) is 12.4 Å². The molecule has 0 atom stereocenters. The molecule has 0 saturated heterocycles. The molecule has 0 unspecified atom stereocenters. The fourth-order valence-corrected chi connectivity index (χ4v) is 3.45. The fraction of sp³-hybridized carbons (Fsp3) is 0.133. The second-order valence-corrected chi connectivity index (χ2v) is 6.48. The molecule has 0 aliphatic heterocycles. The maximum Gasteiger partial charge on any atom is 0.348 e. The van der Waals surface area contributed by atoms with E-state index >= 15 is 0 Å². The number of ether oxygens (including phenoxy) is 1. The van der Waals surface area contributed by atoms with Crippen molar-refractivity contribution in [3.63, 3.8) is 0 Å². The highest BCUT2D eigenvalue weighted by Crippen LogP contribution is 2.19. The molecule has 3 aromatic rings. The Bertz CT molecular complexity index is 821. The van der Waals surface area contributed by atoms with Gasteiger partial charge in [0.15, 0.2) is 0 Å². The van der Waals surface area contributed by atoms with E-state index in [-0.39, 0.29) is 5.91 Å². The zero-order chi connectivity index (χ0) is 16.2. The van der Waals surface area contributed by atoms with E-state index in [1.165, 1.54) is 7.11 Å². The molecular formula is C15H13N3O3S2. The summed E-state index contributed by atoms with van der Waals surface area (Å²) in [6.07, 6.45) is 1.64. The molecule has 0 aromatic carbocycles. The molecular weight excluding hydrogens is 334 g/mol. The van der Waals surface area contributed by atoms with Gasteiger partial charge < -0.3 is 10.1 Å². The first-order chi connectivity index (χ1) is 11.2. The van der Waals surface area contributed by atoms with Crippen molar-refractivity contribution in [1.82, 2.24) is 9.78 Å². The van der Waals surface area contributed by atoms with Crippen LogP contribution in [0.2, 0.25) is 0 Å². The highest BCUT2D eigenvalue weighted by atomic mass is 32.1. The van der Waals surface area contributed by atoms with Crippen LogP contribution in [0, 0.1) is 0 Å². The quantitative estimate of drug-likeness (QED) is 0.720. The minimum Gasteiger partial charge on any atom is -0.465 e. The molecule has 3 aromatic heterocycles. The van der Waals surface area contributed by atoms with Crippen molar-refractivity contribution in [3.8, 4) is 0 Å². The van der Waals surface area contributed by atoms with Crippen molar-refractivity contribution < 1.29 is 14.3 Å². The summed E-state index contributed by atoms with van der Waals surface area (Å²) in [5.74, 6) is -0.122. The molecule has 118 valence electrons. The number of thiophene rings is 2. The van der Waals surface area contributed by atoms with Crippen LogP contribution < -0.4 is 5.32 Å². The van der Waals surface area contributed by atoms with Gasteiger partial charge in [0.1, 0.15) is 10.7 Å². The number of rotatable bonds is 5. The Labute approximate surface area is 140 Å². The summed E-state index contributed by atoms with van der Waals surface area (Å²) in [6, 6.07) is 6.93. The first-order valence-corrected chi connectivity index (χ1v) is 8.45. The first kappa shape index (κ1) is 15.4. The minimum absolute atomic E-state index is 0.280. The molecule has 0 fully saturated rings. The largest absolute Gasteiger partial charge is 0.465 e. The summed E-state index contributed by atoms with van der Waals surface area (Å²) < 4.78 is 6.36. The predicted octanol–water partition coefficient (Wildman–Crippen LogP) is 3.09. The molecule has 0 spiro atoms. The minimum atomic E-state index is -0.448. The number of carbonyl (C=O) groups excluding carboxylic acids is 2. The van der Waals surface area contributed by atoms with Crippen LogP contribution in [0.5, 0.6) is 0 Å². The van der Waals surface area contributed by atoms with E-state index < -0.39 is 5.97 Å². The van der Waals surface area contributed by atoms with E-state index in [1.54, 1.807) is 40.4 Å². The Balaban J connectivity index is 1.72. The first-order valence-electron chi connectivity index (χ1n) is 6.70. The highest BCUT2D eigenvalue weighted by molar-refractivity contribution is 7.16. The summed E-state index contributed by atoms with van der Waals surface area (Å²) in [5.41, 5.74) is 1.12. The monoisotopic (exact) mass is 347 g/mol. The Morgan fingerprint density at radius 2 is 2.09 bits per heavy atom. The molecule has 1 N–H and O–H groups in total. The standard InChI is InChI=1S/C15H13N3O3S2/c1-21-15(20)12-3-2-11(23-12)14(19)17-13-4-6-16-18(13)8-10-5-7-22-9-10/h2-7,9H,8H2,1H3,(H,17,19). The maximum atomic E-state index is 12.3. The van der Waals surface area contributed by atoms with Crippen LogP contribution in [0.3, 0.4) is 0 Å². The van der Waals surface area contributed by atoms with Gasteiger partial charge in [-0.25, -0.2) is 9.48 Å². The second-order valence-electron chi connectivity index (χ2n) is 4.62. The van der Waals surface area contributed by atoms with E-state index in [0.717, 1.165) is 16.9 Å². The number of anilines is 1. The zero-order valence-electron chi connectivity index (χ0n) is 12.2. The third-order valence-electron chi connectivity index (χ3n) is 3.09. The van der Waals surface area contributed by atoms with Crippen molar-refractivity contribution in [2.24, 2.45) is 0 Å². The Morgan fingerprint density at radius 3 is 2.83 bits per heavy atom. The van der Waals surface area contributed by atoms with Gasteiger partial charge in [0.25, 0.3) is 5.91 Å². The van der Waals surface area contributed by atoms with Gasteiger partial charge in [-0.1, -0.05) is 0 Å². The second kappa shape index (κ2) is 6.76. The van der Waals surface area contributed by atoms with E-state index in [2.05, 4.69) is 15.2 Å². The number of nitrogens with one attached hydrogen (secondary N) is 1. The van der Waals surface area contributed by atoms with Gasteiger partial charge in [0.05, 0.1) is 24.7 Å². The summed E-state index contributed by atoms with van der Waals surface area (Å²) in [4.78, 5) is 24.6. The SMILES string of the molecule is COC(=O)c1ccc(C(=O)Nc2ccnn2Cc2ccsc2)s1. The summed E-state index contributed by atoms with van der Waals surface area (Å²) >= 11 is 2.71. The van der Waals surface area contributed by atoms with Crippen molar-refractivity contribution in [1.29, 1.82) is 0 Å². The van der Waals surface area contributed by atoms with Crippen LogP contribution in [0.25, 0.3) is 0 Å². The van der Waals surface area contributed by atoms with E-state index in [4.69, 9.17) is 0 Å². The normalized spacial score (nSPS) is 10.5. The average Bonchev–Trinajstić information content (AvgIpc) is 3.28. The fourth-order valence-electron chi connectivity index (χ4n) is 1.97. The van der Waals surface area contributed by atoms with E-state index in [1.807, 2.05) is 16.8 Å². The van der Waals surface area contributed by atoms with Gasteiger partial charge in [-0.15, -0.1) is 11.3 Å². The predicted molar refractivity (Wildman–Crippen MR) is 89.3 cm³/mol. The Morgan fingerprint density at radius 1 is 1.26 bits per heavy atom. The van der Waals surface area contributed by atoms with Gasteiger partial charge in [-0.2, -0.15) is 16.4 Å². The van der Waals surface area contributed by atoms with Crippen molar-refractivity contribution >= 4 is 40.4 Å². The molecule has 0 aliphatic rings. The van der Waals surface area contributed by atoms with Crippen LogP contribution in [0.1, 0.15) is 24.9 Å². The molecule has 8 heteroatoms. The topological polar surface area (TPSA) is 73.2 Å². The van der Waals surface area contributed by atoms with E-state index in [0.29, 0.717) is 22.1 Å². The lowest BCUT2D eigenvalue weighted by Gasteiger charge is -2.07. The third-order valence-corrected chi connectivity index (χ3v) is 4.88. The molecule has 6 nitrogen and oxygen atoms in total. The molecule has 3 rings (SSSR count). The molecule has 0 saturated carbocycles. The van der Waals surface area contributed by atoms with Crippen molar-refractivity contribution in [3.05, 3.63) is 56.5 Å². The lowest BCUT2D eigenvalue weighted by atomic mass is 10.3. The number of nitrogens with zero attached hydrogens (tertiary/aromatic N) is 2. The molecule has 3 heterocycles. The van der Waals surface area contributed by atoms with Gasteiger partial charge in [0, 0.05) is 6.07 Å². The number of methoxy groups -OCH3 is 1. The number of aromatic nitrogens is 2. The molecule has 0 bridgehead atoms. The number of esters is 1. The van der Waals surface area contributed by atoms with Crippen LogP contribution in [0.4, 0.5) is 5.82 Å². The highest BCUT2D eigenvalue weighted by Gasteiger charge is 2.15. The molecule has 0 radical (unpaired) electrons. The average molecular weight is 347 g/mol. The number of hydrogen-bond donors (Lipinski definition) is 1. The number of hydrogen-bond acceptors (Lipinski definition) is 6. The Kier molecular flexibility index (Phi) is 4.54. The lowest BCUT2D eigenvalue weighted by molar-refractivity contribution is 0.0606. The number of carbonyl (C=O) groups is 2. The molecule has 23 heavy (non-hydrogen) atoms. The summed E-state index contributed by atoms with van der Waals surface area (Å²) in [7, 11) is 1.31. The summed E-state index contributed by atoms with van der Waals surface area (Å²) in [6.45, 7) is 0.587. The van der Waals surface area contributed by atoms with Gasteiger partial charge in [0.2, 0.25) is 0 Å². The molecule has 0 aliphatic carbocycles. The van der Waals surface area contributed by atoms with Crippen molar-refractivity contribution in [2.45, 2.75) is 6.54 Å². The van der Waals surface area contributed by atoms with Crippen LogP contribution in [0.15, 0.2) is 41.2 Å². The van der Waals surface area contributed by atoms with Gasteiger partial charge >= 0.3 is 5.97 Å². The summed E-state index contributed by atoms with van der Waals surface area (Å²) in [5, 5.41) is 11.1. The maximum absolute atomic E-state index is 12.3. The van der Waals surface area contributed by atoms with Crippen LogP contribution in [-0.4, -0.2) is 28.8 Å². The smallest absolute Gasteiger partial charge is 0.348 e. The van der Waals surface area contributed by atoms with Crippen LogP contribution in [-0.2, 0) is 11.3 Å². The van der Waals surface area contributed by atoms with Crippen LogP contribution >= 0.6 is 22.7 Å². The Hall–Kier alpha value is -2.45.